The van der Waals surface area contributed by atoms with Crippen LogP contribution in [0.4, 0.5) is 11.5 Å². The molecule has 2 amide bonds. The van der Waals surface area contributed by atoms with Gasteiger partial charge in [-0.3, -0.25) is 9.59 Å². The summed E-state index contributed by atoms with van der Waals surface area (Å²) in [6, 6.07) is 5.17. The number of aromatic nitrogens is 2. The molecule has 45 heavy (non-hydrogen) atoms. The van der Waals surface area contributed by atoms with E-state index < -0.39 is 24.1 Å². The number of aliphatic hydroxyl groups is 1. The Labute approximate surface area is 261 Å². The Morgan fingerprint density at radius 1 is 1.04 bits per heavy atom. The third kappa shape index (κ3) is 12.6. The van der Waals surface area contributed by atoms with E-state index in [-0.39, 0.29) is 42.5 Å². The highest BCUT2D eigenvalue weighted by molar-refractivity contribution is 5.97. The predicted octanol–water partition coefficient (Wildman–Crippen LogP) is 0.749. The van der Waals surface area contributed by atoms with Gasteiger partial charge in [-0.15, -0.1) is 0 Å². The highest BCUT2D eigenvalue weighted by Gasteiger charge is 2.23. The molecule has 0 fully saturated rings. The molecule has 1 aromatic heterocycles. The fourth-order valence-electron chi connectivity index (χ4n) is 4.03. The van der Waals surface area contributed by atoms with Crippen molar-refractivity contribution in [1.29, 1.82) is 0 Å². The Morgan fingerprint density at radius 2 is 1.73 bits per heavy atom. The molecule has 0 aliphatic carbocycles. The number of benzene rings is 1. The lowest BCUT2D eigenvalue weighted by atomic mass is 10.1. The topological polar surface area (TPSA) is 232 Å². The second kappa shape index (κ2) is 19.1. The number of amides is 2. The van der Waals surface area contributed by atoms with E-state index in [9.17, 15) is 24.6 Å². The number of nitrogens with two attached hydrogens (primary N) is 1. The van der Waals surface area contributed by atoms with Crippen molar-refractivity contribution in [3.63, 3.8) is 0 Å². The van der Waals surface area contributed by atoms with Crippen molar-refractivity contribution in [2.24, 2.45) is 10.7 Å². The number of carboxylic acids is 1. The minimum atomic E-state index is -1.23. The van der Waals surface area contributed by atoms with E-state index in [1.807, 2.05) is 6.92 Å². The van der Waals surface area contributed by atoms with Gasteiger partial charge in [0.15, 0.2) is 18.0 Å². The van der Waals surface area contributed by atoms with E-state index in [4.69, 9.17) is 19.9 Å². The molecule has 1 aliphatic heterocycles. The van der Waals surface area contributed by atoms with Gasteiger partial charge in [0, 0.05) is 37.4 Å². The van der Waals surface area contributed by atoms with E-state index in [1.165, 1.54) is 6.20 Å². The van der Waals surface area contributed by atoms with Crippen molar-refractivity contribution in [3.8, 4) is 0 Å². The van der Waals surface area contributed by atoms with E-state index in [0.29, 0.717) is 63.2 Å². The van der Waals surface area contributed by atoms with Gasteiger partial charge in [0.1, 0.15) is 11.7 Å². The fraction of sp³-hybridized carbons (Fsp3) is 0.517. The number of carbonyl (C=O) groups is 3. The summed E-state index contributed by atoms with van der Waals surface area (Å²) in [5, 5.41) is 30.7. The van der Waals surface area contributed by atoms with Crippen LogP contribution in [0.25, 0.3) is 0 Å². The number of nitrogens with zero attached hydrogens (tertiary/aromatic N) is 3. The van der Waals surface area contributed by atoms with Gasteiger partial charge >= 0.3 is 5.97 Å². The minimum absolute atomic E-state index is 0.0506. The number of fused-ring (bicyclic) bond motifs is 1. The van der Waals surface area contributed by atoms with Crippen molar-refractivity contribution in [2.75, 3.05) is 56.8 Å². The van der Waals surface area contributed by atoms with Gasteiger partial charge < -0.3 is 51.4 Å². The average molecular weight is 631 g/mol. The molecular formula is C29H42N8O8. The molecule has 0 spiro atoms. The molecule has 2 atom stereocenters. The number of hydrogen-bond acceptors (Lipinski definition) is 13. The molecule has 246 valence electrons. The van der Waals surface area contributed by atoms with Crippen LogP contribution in [0.5, 0.6) is 0 Å². The lowest BCUT2D eigenvalue weighted by Gasteiger charge is -2.18. The lowest BCUT2D eigenvalue weighted by molar-refractivity contribution is -0.139. The molecule has 8 N–H and O–H groups in total. The number of aliphatic carboxylic acids is 1. The maximum atomic E-state index is 12.7. The van der Waals surface area contributed by atoms with Crippen LogP contribution in [0.15, 0.2) is 35.5 Å². The first-order valence-electron chi connectivity index (χ1n) is 14.8. The molecule has 0 saturated carbocycles. The van der Waals surface area contributed by atoms with E-state index >= 15 is 0 Å². The number of nitrogens with one attached hydrogen (secondary N) is 4. The zero-order valence-corrected chi connectivity index (χ0v) is 25.3. The van der Waals surface area contributed by atoms with Gasteiger partial charge in [0.05, 0.1) is 44.9 Å². The van der Waals surface area contributed by atoms with Crippen LogP contribution < -0.4 is 27.0 Å². The summed E-state index contributed by atoms with van der Waals surface area (Å²) in [5.41, 5.74) is 7.30. The van der Waals surface area contributed by atoms with Crippen LogP contribution in [-0.2, 0) is 30.3 Å². The Balaban J connectivity index is 1.32. The number of hydrogen-bond donors (Lipinski definition) is 7. The zero-order valence-electron chi connectivity index (χ0n) is 25.3. The highest BCUT2D eigenvalue weighted by atomic mass is 16.5. The van der Waals surface area contributed by atoms with Crippen LogP contribution >= 0.6 is 0 Å². The van der Waals surface area contributed by atoms with Crippen molar-refractivity contribution >= 4 is 35.2 Å². The molecule has 2 aromatic rings. The standard InChI is InChI=1S/C29H42N8O8/c1-2-11-43-13-15-45-16-14-44-12-3-10-31-23(38)9-8-22(28(41)42)35-26(39)19-4-6-20(7-5-19)32-17-21-18-33-25-24(34-21)27(40)37-29(30)36-25/h4-7,18,22,27,32,40H,2-3,8-17H2,1H3,(H,31,38)(H,35,39)(H,41,42)(H3,30,33,36,37)/t22-,27?/m0/s1. The molecule has 3 rings (SSSR count). The number of rotatable bonds is 21. The van der Waals surface area contributed by atoms with Gasteiger partial charge in [0.2, 0.25) is 5.91 Å². The van der Waals surface area contributed by atoms with Gasteiger partial charge in [-0.05, 0) is 43.5 Å². The van der Waals surface area contributed by atoms with Crippen molar-refractivity contribution < 1.29 is 38.8 Å². The number of carbonyl (C=O) groups excluding carboxylic acids is 2. The second-order valence-corrected chi connectivity index (χ2v) is 9.98. The Kier molecular flexibility index (Phi) is 14.9. The summed E-state index contributed by atoms with van der Waals surface area (Å²) < 4.78 is 16.2. The largest absolute Gasteiger partial charge is 0.480 e. The number of aliphatic hydroxyl groups excluding tert-OH is 1. The Bertz CT molecular complexity index is 1280. The third-order valence-corrected chi connectivity index (χ3v) is 6.37. The van der Waals surface area contributed by atoms with Crippen LogP contribution in [-0.4, -0.2) is 96.2 Å². The maximum Gasteiger partial charge on any atom is 0.326 e. The van der Waals surface area contributed by atoms with Crippen molar-refractivity contribution in [1.82, 2.24) is 20.6 Å². The van der Waals surface area contributed by atoms with E-state index in [2.05, 4.69) is 36.2 Å². The third-order valence-electron chi connectivity index (χ3n) is 6.37. The summed E-state index contributed by atoms with van der Waals surface area (Å²) in [6.45, 7) is 5.88. The smallest absolute Gasteiger partial charge is 0.326 e. The molecule has 1 unspecified atom stereocenters. The molecule has 1 aromatic carbocycles. The zero-order chi connectivity index (χ0) is 32.4. The normalized spacial score (nSPS) is 14.4. The highest BCUT2D eigenvalue weighted by Crippen LogP contribution is 2.23. The van der Waals surface area contributed by atoms with E-state index in [1.54, 1.807) is 24.3 Å². The van der Waals surface area contributed by atoms with Gasteiger partial charge in [-0.1, -0.05) is 6.92 Å². The summed E-state index contributed by atoms with van der Waals surface area (Å²) in [5.74, 6) is -1.74. The molecule has 1 aliphatic rings. The first kappa shape index (κ1) is 35.1. The first-order chi connectivity index (χ1) is 21.8. The molecule has 0 radical (unpaired) electrons. The Hall–Kier alpha value is -4.38. The monoisotopic (exact) mass is 630 g/mol. The molecule has 0 bridgehead atoms. The van der Waals surface area contributed by atoms with Crippen LogP contribution in [0.1, 0.15) is 60.6 Å². The van der Waals surface area contributed by atoms with Crippen molar-refractivity contribution in [3.05, 3.63) is 47.4 Å². The molecule has 16 nitrogen and oxygen atoms in total. The van der Waals surface area contributed by atoms with Gasteiger partial charge in [-0.2, -0.15) is 0 Å². The second-order valence-electron chi connectivity index (χ2n) is 9.98. The molecular weight excluding hydrogens is 588 g/mol. The Morgan fingerprint density at radius 3 is 2.42 bits per heavy atom. The van der Waals surface area contributed by atoms with Crippen molar-refractivity contribution in [2.45, 2.75) is 51.4 Å². The molecule has 0 saturated heterocycles. The maximum absolute atomic E-state index is 12.7. The first-order valence-corrected chi connectivity index (χ1v) is 14.8. The quantitative estimate of drug-likeness (QED) is 0.0945. The minimum Gasteiger partial charge on any atom is -0.480 e. The summed E-state index contributed by atoms with van der Waals surface area (Å²) >= 11 is 0. The average Bonchev–Trinajstić information content (AvgIpc) is 3.02. The van der Waals surface area contributed by atoms with Crippen LogP contribution in [0.3, 0.4) is 0 Å². The van der Waals surface area contributed by atoms with Crippen LogP contribution in [0.2, 0.25) is 0 Å². The summed E-state index contributed by atoms with van der Waals surface area (Å²) in [6.07, 6.45) is 1.76. The van der Waals surface area contributed by atoms with Crippen LogP contribution in [0, 0.1) is 0 Å². The summed E-state index contributed by atoms with van der Waals surface area (Å²) in [7, 11) is 0. The molecule has 16 heteroatoms. The van der Waals surface area contributed by atoms with Gasteiger partial charge in [0.25, 0.3) is 5.91 Å². The number of aliphatic imine (C=N–C) groups is 1. The predicted molar refractivity (Wildman–Crippen MR) is 165 cm³/mol. The molecule has 2 heterocycles. The van der Waals surface area contributed by atoms with Gasteiger partial charge in [-0.25, -0.2) is 19.8 Å². The number of guanidine groups is 1. The van der Waals surface area contributed by atoms with E-state index in [0.717, 1.165) is 13.0 Å². The number of anilines is 2. The SMILES string of the molecule is CCCOCCOCCOCCCNC(=O)CC[C@H](NC(=O)c1ccc(NCc2cnc3c(n2)C(O)N=C(N)N3)cc1)C(=O)O. The lowest BCUT2D eigenvalue weighted by Crippen LogP contribution is -2.41. The fourth-order valence-corrected chi connectivity index (χ4v) is 4.03. The number of ether oxygens (including phenoxy) is 3. The number of carboxylic acid groups (broad SMARTS) is 1. The summed E-state index contributed by atoms with van der Waals surface area (Å²) in [4.78, 5) is 49.0.